The summed E-state index contributed by atoms with van der Waals surface area (Å²) in [4.78, 5) is 4.06. The lowest BCUT2D eigenvalue weighted by Crippen LogP contribution is -1.90. The fraction of sp³-hybridized carbons (Fsp3) is 0.100. The van der Waals surface area contributed by atoms with Crippen LogP contribution in [0.25, 0.3) is 10.8 Å². The molecule has 0 amide bonds. The molecule has 0 radical (unpaired) electrons. The third-order valence-electron chi connectivity index (χ3n) is 2.13. The summed E-state index contributed by atoms with van der Waals surface area (Å²) in [5, 5.41) is 2.33. The van der Waals surface area contributed by atoms with Gasteiger partial charge in [0.05, 0.1) is 0 Å². The minimum absolute atomic E-state index is 0.829. The van der Waals surface area contributed by atoms with Crippen LogP contribution in [0.4, 0.5) is 5.69 Å². The van der Waals surface area contributed by atoms with Gasteiger partial charge in [-0.05, 0) is 30.0 Å². The third-order valence-corrected chi connectivity index (χ3v) is 2.13. The van der Waals surface area contributed by atoms with E-state index in [0.717, 1.165) is 16.6 Å². The number of fused-ring (bicyclic) bond motifs is 1. The van der Waals surface area contributed by atoms with Gasteiger partial charge in [0.2, 0.25) is 0 Å². The van der Waals surface area contributed by atoms with Gasteiger partial charge in [-0.2, -0.15) is 0 Å². The largest absolute Gasteiger partial charge is 0.398 e. The fourth-order valence-electron chi connectivity index (χ4n) is 1.32. The van der Waals surface area contributed by atoms with Crippen molar-refractivity contribution in [3.05, 3.63) is 36.2 Å². The van der Waals surface area contributed by atoms with Crippen molar-refractivity contribution in [2.75, 3.05) is 5.73 Å². The summed E-state index contributed by atoms with van der Waals surface area (Å²) in [6.07, 6.45) is 3.64. The number of nitrogens with zero attached hydrogens (tertiary/aromatic N) is 1. The number of hydrogen-bond acceptors (Lipinski definition) is 2. The Morgan fingerprint density at radius 1 is 1.25 bits per heavy atom. The monoisotopic (exact) mass is 158 g/mol. The SMILES string of the molecule is Cc1c(N)ccc2ccncc12. The van der Waals surface area contributed by atoms with Crippen LogP contribution < -0.4 is 5.73 Å². The summed E-state index contributed by atoms with van der Waals surface area (Å²) in [7, 11) is 0. The molecule has 60 valence electrons. The predicted octanol–water partition coefficient (Wildman–Crippen LogP) is 2.13. The van der Waals surface area contributed by atoms with Crippen LogP contribution >= 0.6 is 0 Å². The van der Waals surface area contributed by atoms with Crippen molar-refractivity contribution in [3.8, 4) is 0 Å². The van der Waals surface area contributed by atoms with Gasteiger partial charge in [0.1, 0.15) is 0 Å². The average Bonchev–Trinajstić information content (AvgIpc) is 2.12. The van der Waals surface area contributed by atoms with Gasteiger partial charge in [-0.3, -0.25) is 4.98 Å². The minimum Gasteiger partial charge on any atom is -0.398 e. The summed E-state index contributed by atoms with van der Waals surface area (Å²) in [5.74, 6) is 0. The highest BCUT2D eigenvalue weighted by Gasteiger charge is 1.98. The predicted molar refractivity (Wildman–Crippen MR) is 50.9 cm³/mol. The summed E-state index contributed by atoms with van der Waals surface area (Å²) in [6, 6.07) is 5.93. The first-order chi connectivity index (χ1) is 5.79. The van der Waals surface area contributed by atoms with Crippen LogP contribution in [-0.2, 0) is 0 Å². The second-order valence-electron chi connectivity index (χ2n) is 2.88. The number of anilines is 1. The lowest BCUT2D eigenvalue weighted by atomic mass is 10.1. The molecule has 0 aliphatic rings. The van der Waals surface area contributed by atoms with Gasteiger partial charge in [0, 0.05) is 23.5 Å². The molecule has 0 atom stereocenters. The zero-order valence-corrected chi connectivity index (χ0v) is 6.91. The van der Waals surface area contributed by atoms with E-state index in [2.05, 4.69) is 4.98 Å². The molecule has 0 saturated heterocycles. The molecule has 1 aromatic heterocycles. The van der Waals surface area contributed by atoms with E-state index in [4.69, 9.17) is 5.73 Å². The molecule has 2 nitrogen and oxygen atoms in total. The first-order valence-electron chi connectivity index (χ1n) is 3.88. The average molecular weight is 158 g/mol. The minimum atomic E-state index is 0.829. The Labute approximate surface area is 71.0 Å². The maximum absolute atomic E-state index is 5.76. The first kappa shape index (κ1) is 7.10. The van der Waals surface area contributed by atoms with Gasteiger partial charge in [0.15, 0.2) is 0 Å². The van der Waals surface area contributed by atoms with Crippen molar-refractivity contribution < 1.29 is 0 Å². The molecule has 2 heteroatoms. The van der Waals surface area contributed by atoms with Gasteiger partial charge in [-0.15, -0.1) is 0 Å². The lowest BCUT2D eigenvalue weighted by molar-refractivity contribution is 1.35. The number of rotatable bonds is 0. The molecule has 2 rings (SSSR count). The molecule has 2 aromatic rings. The van der Waals surface area contributed by atoms with E-state index in [1.54, 1.807) is 6.20 Å². The number of nitrogen functional groups attached to an aromatic ring is 1. The van der Waals surface area contributed by atoms with E-state index in [9.17, 15) is 0 Å². The number of hydrogen-bond donors (Lipinski definition) is 1. The van der Waals surface area contributed by atoms with Crippen molar-refractivity contribution in [3.63, 3.8) is 0 Å². The maximum Gasteiger partial charge on any atom is 0.0350 e. The Morgan fingerprint density at radius 2 is 2.08 bits per heavy atom. The highest BCUT2D eigenvalue weighted by atomic mass is 14.6. The van der Waals surface area contributed by atoms with E-state index in [0.29, 0.717) is 0 Å². The van der Waals surface area contributed by atoms with Crippen LogP contribution in [-0.4, -0.2) is 4.98 Å². The Morgan fingerprint density at radius 3 is 2.92 bits per heavy atom. The summed E-state index contributed by atoms with van der Waals surface area (Å²) in [5.41, 5.74) is 7.70. The molecule has 2 N–H and O–H groups in total. The third kappa shape index (κ3) is 0.925. The highest BCUT2D eigenvalue weighted by molar-refractivity contribution is 5.88. The molecular weight excluding hydrogens is 148 g/mol. The number of pyridine rings is 1. The number of nitrogens with two attached hydrogens (primary N) is 1. The molecule has 0 unspecified atom stereocenters. The van der Waals surface area contributed by atoms with Crippen molar-refractivity contribution in [2.24, 2.45) is 0 Å². The van der Waals surface area contributed by atoms with Crippen LogP contribution in [0.5, 0.6) is 0 Å². The number of aryl methyl sites for hydroxylation is 1. The van der Waals surface area contributed by atoms with Gasteiger partial charge in [-0.1, -0.05) is 6.07 Å². The Hall–Kier alpha value is -1.57. The van der Waals surface area contributed by atoms with Crippen molar-refractivity contribution in [2.45, 2.75) is 6.92 Å². The van der Waals surface area contributed by atoms with Crippen LogP contribution in [0.3, 0.4) is 0 Å². The molecule has 0 saturated carbocycles. The Bertz CT molecular complexity index is 421. The summed E-state index contributed by atoms with van der Waals surface area (Å²) >= 11 is 0. The zero-order valence-electron chi connectivity index (χ0n) is 6.91. The fourth-order valence-corrected chi connectivity index (χ4v) is 1.32. The number of aromatic nitrogens is 1. The van der Waals surface area contributed by atoms with Crippen LogP contribution in [0.1, 0.15) is 5.56 Å². The van der Waals surface area contributed by atoms with Crippen LogP contribution in [0, 0.1) is 6.92 Å². The van der Waals surface area contributed by atoms with E-state index in [1.807, 2.05) is 31.3 Å². The topological polar surface area (TPSA) is 38.9 Å². The van der Waals surface area contributed by atoms with Crippen LogP contribution in [0.2, 0.25) is 0 Å². The van der Waals surface area contributed by atoms with E-state index < -0.39 is 0 Å². The second kappa shape index (κ2) is 2.48. The molecule has 1 aromatic carbocycles. The molecular formula is C10H10N2. The van der Waals surface area contributed by atoms with E-state index in [1.165, 1.54) is 5.39 Å². The standard InChI is InChI=1S/C10H10N2/c1-7-9-6-12-5-4-8(9)2-3-10(7)11/h2-6H,11H2,1H3. The zero-order chi connectivity index (χ0) is 8.55. The molecule has 0 aliphatic heterocycles. The molecule has 0 fully saturated rings. The molecule has 12 heavy (non-hydrogen) atoms. The van der Waals surface area contributed by atoms with Gasteiger partial charge >= 0.3 is 0 Å². The summed E-state index contributed by atoms with van der Waals surface area (Å²) in [6.45, 7) is 2.01. The van der Waals surface area contributed by atoms with Gasteiger partial charge < -0.3 is 5.73 Å². The molecule has 1 heterocycles. The van der Waals surface area contributed by atoms with Gasteiger partial charge in [-0.25, -0.2) is 0 Å². The smallest absolute Gasteiger partial charge is 0.0350 e. The Balaban J connectivity index is 2.91. The highest BCUT2D eigenvalue weighted by Crippen LogP contribution is 2.21. The van der Waals surface area contributed by atoms with Gasteiger partial charge in [0.25, 0.3) is 0 Å². The lowest BCUT2D eigenvalue weighted by Gasteiger charge is -2.03. The quantitative estimate of drug-likeness (QED) is 0.596. The summed E-state index contributed by atoms with van der Waals surface area (Å²) < 4.78 is 0. The molecule has 0 bridgehead atoms. The Kier molecular flexibility index (Phi) is 1.47. The van der Waals surface area contributed by atoms with Crippen molar-refractivity contribution in [1.82, 2.24) is 4.98 Å². The van der Waals surface area contributed by atoms with E-state index in [-0.39, 0.29) is 0 Å². The van der Waals surface area contributed by atoms with Crippen molar-refractivity contribution in [1.29, 1.82) is 0 Å². The normalized spacial score (nSPS) is 10.4. The molecule has 0 aliphatic carbocycles. The van der Waals surface area contributed by atoms with E-state index >= 15 is 0 Å². The second-order valence-corrected chi connectivity index (χ2v) is 2.88. The molecule has 0 spiro atoms. The number of benzene rings is 1. The van der Waals surface area contributed by atoms with Crippen LogP contribution in [0.15, 0.2) is 30.6 Å². The first-order valence-corrected chi connectivity index (χ1v) is 3.88. The maximum atomic E-state index is 5.76. The van der Waals surface area contributed by atoms with Crippen molar-refractivity contribution >= 4 is 16.5 Å².